The summed E-state index contributed by atoms with van der Waals surface area (Å²) in [6.45, 7) is 5.21. The van der Waals surface area contributed by atoms with E-state index in [1.807, 2.05) is 32.0 Å². The van der Waals surface area contributed by atoms with Crippen molar-refractivity contribution in [3.05, 3.63) is 64.7 Å². The molecule has 30 heavy (non-hydrogen) atoms. The average molecular weight is 408 g/mol. The summed E-state index contributed by atoms with van der Waals surface area (Å²) in [6, 6.07) is 11.4. The minimum absolute atomic E-state index is 0.114. The zero-order valence-corrected chi connectivity index (χ0v) is 17.2. The predicted molar refractivity (Wildman–Crippen MR) is 111 cm³/mol. The third kappa shape index (κ3) is 4.10. The smallest absolute Gasteiger partial charge is 0.338 e. The van der Waals surface area contributed by atoms with Crippen molar-refractivity contribution in [2.75, 3.05) is 11.9 Å². The Labute approximate surface area is 175 Å². The number of amides is 3. The number of nitrogens with zero attached hydrogens (tertiary/aromatic N) is 1. The van der Waals surface area contributed by atoms with Crippen LogP contribution >= 0.6 is 0 Å². The number of hydrogen-bond donors (Lipinski definition) is 1. The van der Waals surface area contributed by atoms with Gasteiger partial charge >= 0.3 is 5.97 Å². The molecule has 1 heterocycles. The zero-order chi connectivity index (χ0) is 21.8. The number of rotatable bonds is 7. The Kier molecular flexibility index (Phi) is 6.30. The first-order valence-electron chi connectivity index (χ1n) is 9.94. The highest BCUT2D eigenvalue weighted by atomic mass is 16.5. The van der Waals surface area contributed by atoms with Crippen molar-refractivity contribution in [1.29, 1.82) is 0 Å². The number of fused-ring (bicyclic) bond motifs is 1. The molecule has 2 aromatic carbocycles. The third-order valence-electron chi connectivity index (χ3n) is 5.19. The second kappa shape index (κ2) is 8.90. The lowest BCUT2D eigenvalue weighted by Gasteiger charge is -2.20. The van der Waals surface area contributed by atoms with E-state index in [0.717, 1.165) is 12.0 Å². The Balaban J connectivity index is 1.66. The molecular weight excluding hydrogens is 384 g/mol. The van der Waals surface area contributed by atoms with Crippen molar-refractivity contribution in [3.8, 4) is 0 Å². The van der Waals surface area contributed by atoms with Gasteiger partial charge in [0.15, 0.2) is 6.61 Å². The number of imide groups is 1. The van der Waals surface area contributed by atoms with Crippen LogP contribution in [-0.4, -0.2) is 41.2 Å². The quantitative estimate of drug-likeness (QED) is 0.560. The van der Waals surface area contributed by atoms with Gasteiger partial charge in [-0.05, 0) is 49.6 Å². The van der Waals surface area contributed by atoms with Gasteiger partial charge in [-0.3, -0.25) is 19.3 Å². The first-order valence-corrected chi connectivity index (χ1v) is 9.94. The zero-order valence-electron chi connectivity index (χ0n) is 17.2. The number of carbonyl (C=O) groups is 4. The van der Waals surface area contributed by atoms with Crippen molar-refractivity contribution in [1.82, 2.24) is 4.90 Å². The molecule has 1 atom stereocenters. The molecular formula is C23H24N2O5. The van der Waals surface area contributed by atoms with E-state index in [2.05, 4.69) is 5.32 Å². The molecule has 0 radical (unpaired) electrons. The fourth-order valence-corrected chi connectivity index (χ4v) is 3.32. The monoisotopic (exact) mass is 408 g/mol. The summed E-state index contributed by atoms with van der Waals surface area (Å²) in [4.78, 5) is 50.8. The number of nitrogens with one attached hydrogen (secondary N) is 1. The Hall–Kier alpha value is -3.48. The molecule has 7 heteroatoms. The third-order valence-corrected chi connectivity index (χ3v) is 5.19. The Morgan fingerprint density at radius 1 is 1.03 bits per heavy atom. The average Bonchev–Trinajstić information content (AvgIpc) is 3.01. The summed E-state index contributed by atoms with van der Waals surface area (Å²) in [5, 5.41) is 2.73. The van der Waals surface area contributed by atoms with Gasteiger partial charge in [0.1, 0.15) is 0 Å². The van der Waals surface area contributed by atoms with Crippen LogP contribution in [-0.2, 0) is 16.0 Å². The number of aryl methyl sites for hydroxylation is 1. The highest BCUT2D eigenvalue weighted by molar-refractivity contribution is 6.22. The van der Waals surface area contributed by atoms with Crippen molar-refractivity contribution >= 4 is 29.4 Å². The highest BCUT2D eigenvalue weighted by Crippen LogP contribution is 2.27. The number of para-hydroxylation sites is 1. The molecule has 0 fully saturated rings. The van der Waals surface area contributed by atoms with E-state index >= 15 is 0 Å². The molecule has 0 aromatic heterocycles. The fourth-order valence-electron chi connectivity index (χ4n) is 3.32. The van der Waals surface area contributed by atoms with Crippen LogP contribution in [0.4, 0.5) is 5.69 Å². The molecule has 1 unspecified atom stereocenters. The molecule has 0 bridgehead atoms. The van der Waals surface area contributed by atoms with Crippen LogP contribution in [0.15, 0.2) is 42.5 Å². The predicted octanol–water partition coefficient (Wildman–Crippen LogP) is 3.44. The van der Waals surface area contributed by atoms with Crippen LogP contribution in [0.2, 0.25) is 0 Å². The normalized spacial score (nSPS) is 13.8. The van der Waals surface area contributed by atoms with E-state index in [9.17, 15) is 19.2 Å². The van der Waals surface area contributed by atoms with Crippen LogP contribution in [0.5, 0.6) is 0 Å². The maximum atomic E-state index is 12.6. The lowest BCUT2D eigenvalue weighted by molar-refractivity contribution is -0.119. The summed E-state index contributed by atoms with van der Waals surface area (Å²) in [5.41, 5.74) is 2.21. The van der Waals surface area contributed by atoms with Gasteiger partial charge < -0.3 is 10.1 Å². The lowest BCUT2D eigenvalue weighted by atomic mass is 10.1. The summed E-state index contributed by atoms with van der Waals surface area (Å²) >= 11 is 0. The summed E-state index contributed by atoms with van der Waals surface area (Å²) in [5.74, 6) is -1.98. The van der Waals surface area contributed by atoms with E-state index in [4.69, 9.17) is 4.74 Å². The molecule has 3 rings (SSSR count). The summed E-state index contributed by atoms with van der Waals surface area (Å²) in [6.07, 6.45) is 1.39. The molecule has 0 spiro atoms. The van der Waals surface area contributed by atoms with Gasteiger partial charge in [-0.25, -0.2) is 4.79 Å². The molecule has 1 aliphatic heterocycles. The van der Waals surface area contributed by atoms with Gasteiger partial charge in [0.05, 0.1) is 16.7 Å². The minimum atomic E-state index is -0.737. The molecule has 7 nitrogen and oxygen atoms in total. The Morgan fingerprint density at radius 3 is 2.43 bits per heavy atom. The van der Waals surface area contributed by atoms with Crippen LogP contribution in [0, 0.1) is 0 Å². The second-order valence-electron chi connectivity index (χ2n) is 7.13. The number of benzene rings is 2. The van der Waals surface area contributed by atoms with Gasteiger partial charge in [0, 0.05) is 11.7 Å². The standard InChI is InChI=1S/C23H24N2O5/c1-4-14(3)25-21(27)17-11-10-16(12-18(17)22(25)28)23(29)30-13-20(26)24-19-9-7-6-8-15(19)5-2/h6-12,14H,4-5,13H2,1-3H3,(H,24,26). The van der Waals surface area contributed by atoms with E-state index in [1.165, 1.54) is 23.1 Å². The van der Waals surface area contributed by atoms with Crippen LogP contribution in [0.25, 0.3) is 0 Å². The van der Waals surface area contributed by atoms with Gasteiger partial charge in [0.25, 0.3) is 17.7 Å². The summed E-state index contributed by atoms with van der Waals surface area (Å²) in [7, 11) is 0. The number of ether oxygens (including phenoxy) is 1. The van der Waals surface area contributed by atoms with Crippen LogP contribution < -0.4 is 5.32 Å². The SMILES string of the molecule is CCc1ccccc1NC(=O)COC(=O)c1ccc2c(c1)C(=O)N(C(C)CC)C2=O. The van der Waals surface area contributed by atoms with Gasteiger partial charge in [-0.15, -0.1) is 0 Å². The largest absolute Gasteiger partial charge is 0.452 e. The maximum absolute atomic E-state index is 12.6. The Bertz CT molecular complexity index is 1010. The first-order chi connectivity index (χ1) is 14.4. The molecule has 156 valence electrons. The maximum Gasteiger partial charge on any atom is 0.338 e. The van der Waals surface area contributed by atoms with Gasteiger partial charge in [-0.1, -0.05) is 32.0 Å². The van der Waals surface area contributed by atoms with Crippen molar-refractivity contribution in [2.45, 2.75) is 39.7 Å². The van der Waals surface area contributed by atoms with Crippen LogP contribution in [0.3, 0.4) is 0 Å². The fraction of sp³-hybridized carbons (Fsp3) is 0.304. The Morgan fingerprint density at radius 2 is 1.73 bits per heavy atom. The van der Waals surface area contributed by atoms with Crippen LogP contribution in [0.1, 0.15) is 63.8 Å². The van der Waals surface area contributed by atoms with Crippen molar-refractivity contribution in [2.24, 2.45) is 0 Å². The number of hydrogen-bond acceptors (Lipinski definition) is 5. The second-order valence-corrected chi connectivity index (χ2v) is 7.13. The number of carbonyl (C=O) groups excluding carboxylic acids is 4. The first kappa shape index (κ1) is 21.2. The van der Waals surface area contributed by atoms with Gasteiger partial charge in [-0.2, -0.15) is 0 Å². The van der Waals surface area contributed by atoms with E-state index in [1.54, 1.807) is 13.0 Å². The molecule has 3 amide bonds. The van der Waals surface area contributed by atoms with E-state index in [-0.39, 0.29) is 28.6 Å². The molecule has 0 saturated heterocycles. The molecule has 1 N–H and O–H groups in total. The minimum Gasteiger partial charge on any atom is -0.452 e. The molecule has 0 aliphatic carbocycles. The highest BCUT2D eigenvalue weighted by Gasteiger charge is 2.38. The van der Waals surface area contributed by atoms with Crippen molar-refractivity contribution in [3.63, 3.8) is 0 Å². The topological polar surface area (TPSA) is 92.8 Å². The molecule has 0 saturated carbocycles. The molecule has 1 aliphatic rings. The van der Waals surface area contributed by atoms with E-state index in [0.29, 0.717) is 12.1 Å². The van der Waals surface area contributed by atoms with Gasteiger partial charge in [0.2, 0.25) is 0 Å². The number of anilines is 1. The molecule has 2 aromatic rings. The van der Waals surface area contributed by atoms with Crippen molar-refractivity contribution < 1.29 is 23.9 Å². The van der Waals surface area contributed by atoms with E-state index < -0.39 is 24.4 Å². The lowest BCUT2D eigenvalue weighted by Crippen LogP contribution is -2.37. The number of esters is 1. The summed E-state index contributed by atoms with van der Waals surface area (Å²) < 4.78 is 5.09.